The minimum Gasteiger partial charge on any atom is -0.368 e. The molecule has 2 amide bonds. The summed E-state index contributed by atoms with van der Waals surface area (Å²) in [5.41, 5.74) is 3.85. The fourth-order valence-corrected chi connectivity index (χ4v) is 4.18. The molecule has 29 heavy (non-hydrogen) atoms. The maximum atomic E-state index is 13.0. The fraction of sp³-hybridized carbons (Fsp3) is 0.400. The van der Waals surface area contributed by atoms with Crippen LogP contribution in [0.3, 0.4) is 0 Å². The van der Waals surface area contributed by atoms with Gasteiger partial charge in [0.25, 0.3) is 0 Å². The van der Waals surface area contributed by atoms with Crippen LogP contribution in [0.1, 0.15) is 18.2 Å². The highest BCUT2D eigenvalue weighted by atomic mass is 16.2. The zero-order valence-electron chi connectivity index (χ0n) is 16.6. The molecule has 2 aliphatic rings. The van der Waals surface area contributed by atoms with Gasteiger partial charge in [0.1, 0.15) is 5.82 Å². The van der Waals surface area contributed by atoms with Gasteiger partial charge >= 0.3 is 6.03 Å². The van der Waals surface area contributed by atoms with E-state index in [1.165, 1.54) is 5.69 Å². The van der Waals surface area contributed by atoms with Crippen LogP contribution in [0.25, 0.3) is 5.78 Å². The molecule has 1 fully saturated rings. The summed E-state index contributed by atoms with van der Waals surface area (Å²) >= 11 is 0. The molecule has 150 valence electrons. The van der Waals surface area contributed by atoms with E-state index in [0.29, 0.717) is 24.1 Å². The van der Waals surface area contributed by atoms with Crippen LogP contribution in [-0.2, 0) is 6.42 Å². The number of carbonyl (C=O) groups excluding carboxylic acids is 1. The molecule has 0 aliphatic carbocycles. The van der Waals surface area contributed by atoms with Gasteiger partial charge < -0.3 is 15.5 Å². The Hall–Kier alpha value is -3.20. The van der Waals surface area contributed by atoms with Crippen LogP contribution in [0, 0.1) is 6.92 Å². The fourth-order valence-electron chi connectivity index (χ4n) is 4.18. The maximum absolute atomic E-state index is 13.0. The highest BCUT2D eigenvalue weighted by Crippen LogP contribution is 2.34. The Morgan fingerprint density at radius 3 is 3.03 bits per heavy atom. The van der Waals surface area contributed by atoms with Crippen LogP contribution >= 0.6 is 0 Å². The van der Waals surface area contributed by atoms with Gasteiger partial charge in [-0.1, -0.05) is 0 Å². The smallest absolute Gasteiger partial charge is 0.327 e. The lowest BCUT2D eigenvalue weighted by atomic mass is 10.1. The monoisotopic (exact) mass is 392 g/mol. The zero-order valence-corrected chi connectivity index (χ0v) is 16.6. The number of anilines is 3. The molecule has 1 atom stereocenters. The lowest BCUT2D eigenvalue weighted by molar-refractivity contribution is 0.257. The Balaban J connectivity index is 1.38. The van der Waals surface area contributed by atoms with Crippen molar-refractivity contribution < 1.29 is 4.79 Å². The van der Waals surface area contributed by atoms with E-state index >= 15 is 0 Å². The number of amides is 2. The molecule has 0 unspecified atom stereocenters. The largest absolute Gasteiger partial charge is 0.368 e. The second-order valence-corrected chi connectivity index (χ2v) is 7.70. The van der Waals surface area contributed by atoms with E-state index in [0.717, 1.165) is 43.1 Å². The molecule has 2 aliphatic heterocycles. The predicted octanol–water partition coefficient (Wildman–Crippen LogP) is 1.83. The van der Waals surface area contributed by atoms with Crippen molar-refractivity contribution in [2.45, 2.75) is 26.3 Å². The molecule has 9 heteroatoms. The van der Waals surface area contributed by atoms with E-state index in [2.05, 4.69) is 43.5 Å². The zero-order chi connectivity index (χ0) is 20.0. The minimum atomic E-state index is -0.194. The molecule has 2 N–H and O–H groups in total. The van der Waals surface area contributed by atoms with Crippen molar-refractivity contribution in [3.05, 3.63) is 42.1 Å². The summed E-state index contributed by atoms with van der Waals surface area (Å²) < 4.78 is 1.81. The number of urea groups is 1. The number of pyridine rings is 1. The first-order chi connectivity index (χ1) is 14.1. The molecule has 9 nitrogen and oxygen atoms in total. The molecule has 0 bridgehead atoms. The van der Waals surface area contributed by atoms with E-state index in [-0.39, 0.29) is 6.03 Å². The number of piperazine rings is 1. The van der Waals surface area contributed by atoms with E-state index in [1.54, 1.807) is 17.3 Å². The molecule has 0 saturated carbocycles. The molecular weight excluding hydrogens is 368 g/mol. The number of aryl methyl sites for hydroxylation is 1. The molecule has 5 rings (SSSR count). The van der Waals surface area contributed by atoms with Gasteiger partial charge in [0.05, 0.1) is 17.6 Å². The average Bonchev–Trinajstić information content (AvgIpc) is 3.30. The number of imidazole rings is 1. The lowest BCUT2D eigenvalue weighted by Crippen LogP contribution is -2.49. The van der Waals surface area contributed by atoms with Crippen molar-refractivity contribution in [2.75, 3.05) is 41.3 Å². The van der Waals surface area contributed by atoms with Crippen LogP contribution in [0.15, 0.2) is 30.9 Å². The number of aromatic nitrogens is 4. The Morgan fingerprint density at radius 2 is 2.17 bits per heavy atom. The van der Waals surface area contributed by atoms with Crippen molar-refractivity contribution >= 4 is 29.0 Å². The maximum Gasteiger partial charge on any atom is 0.327 e. The average molecular weight is 392 g/mol. The topological polar surface area (TPSA) is 90.7 Å². The first kappa shape index (κ1) is 17.9. The molecule has 3 aromatic rings. The predicted molar refractivity (Wildman–Crippen MR) is 112 cm³/mol. The van der Waals surface area contributed by atoms with Gasteiger partial charge in [-0.3, -0.25) is 9.30 Å². The molecule has 3 aromatic heterocycles. The number of rotatable bonds is 2. The van der Waals surface area contributed by atoms with Crippen LogP contribution in [0.5, 0.6) is 0 Å². The first-order valence-corrected chi connectivity index (χ1v) is 9.94. The summed E-state index contributed by atoms with van der Waals surface area (Å²) in [6.45, 7) is 7.61. The third-order valence-electron chi connectivity index (χ3n) is 5.49. The van der Waals surface area contributed by atoms with E-state index in [4.69, 9.17) is 0 Å². The van der Waals surface area contributed by atoms with Gasteiger partial charge in [-0.25, -0.2) is 19.7 Å². The SMILES string of the molecule is Cc1cn2cc(NC(=O)N3CCc4c(N5CCN[C@H](C)C5)ccnc43)cnc2n1. The van der Waals surface area contributed by atoms with Crippen LogP contribution in [0.2, 0.25) is 0 Å². The number of carbonyl (C=O) groups is 1. The molecule has 5 heterocycles. The normalized spacial score (nSPS) is 18.9. The summed E-state index contributed by atoms with van der Waals surface area (Å²) in [7, 11) is 0. The van der Waals surface area contributed by atoms with Crippen molar-refractivity contribution in [3.63, 3.8) is 0 Å². The molecule has 0 radical (unpaired) electrons. The van der Waals surface area contributed by atoms with Gasteiger partial charge in [0, 0.05) is 62.1 Å². The summed E-state index contributed by atoms with van der Waals surface area (Å²) in [6.07, 6.45) is 7.94. The number of hydrogen-bond acceptors (Lipinski definition) is 6. The van der Waals surface area contributed by atoms with Crippen molar-refractivity contribution in [3.8, 4) is 0 Å². The second kappa shape index (κ2) is 7.00. The third-order valence-corrected chi connectivity index (χ3v) is 5.49. The number of nitrogens with zero attached hydrogens (tertiary/aromatic N) is 6. The summed E-state index contributed by atoms with van der Waals surface area (Å²) in [4.78, 5) is 30.2. The van der Waals surface area contributed by atoms with Gasteiger partial charge in [-0.15, -0.1) is 0 Å². The van der Waals surface area contributed by atoms with Crippen LogP contribution < -0.4 is 20.4 Å². The van der Waals surface area contributed by atoms with Gasteiger partial charge in [0.15, 0.2) is 0 Å². The third kappa shape index (κ3) is 3.27. The van der Waals surface area contributed by atoms with E-state index in [1.807, 2.05) is 23.7 Å². The van der Waals surface area contributed by atoms with Crippen LogP contribution in [-0.4, -0.2) is 57.6 Å². The standard InChI is InChI=1S/C20H24N8O/c1-13-10-26(8-6-21-13)17-3-5-22-18-16(17)4-7-28(18)20(29)25-15-9-23-19-24-14(2)11-27(19)12-15/h3,5,9,11-13,21H,4,6-8,10H2,1-2H3,(H,25,29)/t13-/m1/s1. The highest BCUT2D eigenvalue weighted by molar-refractivity contribution is 6.02. The first-order valence-electron chi connectivity index (χ1n) is 9.94. The van der Waals surface area contributed by atoms with Crippen molar-refractivity contribution in [1.29, 1.82) is 0 Å². The summed E-state index contributed by atoms with van der Waals surface area (Å²) in [6, 6.07) is 2.32. The Morgan fingerprint density at radius 1 is 1.28 bits per heavy atom. The summed E-state index contributed by atoms with van der Waals surface area (Å²) in [5.74, 6) is 1.36. The quantitative estimate of drug-likeness (QED) is 0.691. The van der Waals surface area contributed by atoms with E-state index in [9.17, 15) is 4.79 Å². The van der Waals surface area contributed by atoms with Gasteiger partial charge in [0.2, 0.25) is 5.78 Å². The van der Waals surface area contributed by atoms with E-state index < -0.39 is 0 Å². The number of fused-ring (bicyclic) bond motifs is 2. The minimum absolute atomic E-state index is 0.194. The molecular formula is C20H24N8O. The summed E-state index contributed by atoms with van der Waals surface area (Å²) in [5, 5.41) is 6.42. The molecule has 1 saturated heterocycles. The molecule has 0 spiro atoms. The Bertz CT molecular complexity index is 1080. The van der Waals surface area contributed by atoms with Crippen LogP contribution in [0.4, 0.5) is 22.0 Å². The Kier molecular flexibility index (Phi) is 4.31. The van der Waals surface area contributed by atoms with Crippen molar-refractivity contribution in [2.24, 2.45) is 0 Å². The van der Waals surface area contributed by atoms with Gasteiger partial charge in [-0.05, 0) is 26.3 Å². The number of nitrogens with one attached hydrogen (secondary N) is 2. The van der Waals surface area contributed by atoms with Gasteiger partial charge in [-0.2, -0.15) is 0 Å². The second-order valence-electron chi connectivity index (χ2n) is 7.70. The molecule has 0 aromatic carbocycles. The van der Waals surface area contributed by atoms with Crippen molar-refractivity contribution in [1.82, 2.24) is 24.7 Å². The Labute approximate surface area is 168 Å². The highest BCUT2D eigenvalue weighted by Gasteiger charge is 2.30. The number of hydrogen-bond donors (Lipinski definition) is 2. The lowest BCUT2D eigenvalue weighted by Gasteiger charge is -2.34.